The molecule has 6 atom stereocenters. The fourth-order valence-corrected chi connectivity index (χ4v) is 14.1. The summed E-state index contributed by atoms with van der Waals surface area (Å²) in [5.74, 6) is 1.88. The molecule has 3 aromatic carbocycles. The van der Waals surface area contributed by atoms with Gasteiger partial charge < -0.3 is 39.7 Å². The average Bonchev–Trinajstić information content (AvgIpc) is 1.17. The summed E-state index contributed by atoms with van der Waals surface area (Å²) in [4.78, 5) is 59.2. The average molecular weight is 1270 g/mol. The molecule has 506 valence electrons. The summed E-state index contributed by atoms with van der Waals surface area (Å²) in [7, 11) is 1.42. The number of rotatable bonds is 19. The van der Waals surface area contributed by atoms with Gasteiger partial charge in [-0.25, -0.2) is 13.8 Å². The Kier molecular flexibility index (Phi) is 31.2. The lowest BCUT2D eigenvalue weighted by Crippen LogP contribution is -2.65. The monoisotopic (exact) mass is 1270 g/mol. The summed E-state index contributed by atoms with van der Waals surface area (Å²) in [5.41, 5.74) is 4.38. The van der Waals surface area contributed by atoms with Gasteiger partial charge in [-0.2, -0.15) is 0 Å². The largest absolute Gasteiger partial charge is 0.508 e. The van der Waals surface area contributed by atoms with Gasteiger partial charge in [-0.1, -0.05) is 101 Å². The molecular weight excluding hydrogens is 1160 g/mol. The number of carbonyl (C=O) groups is 3. The molecule has 7 heterocycles. The molecule has 7 aliphatic rings. The molecule has 0 saturated carbocycles. The van der Waals surface area contributed by atoms with Crippen LogP contribution in [0.5, 0.6) is 5.75 Å². The Morgan fingerprint density at radius 2 is 1.68 bits per heavy atom. The number of anilines is 2. The van der Waals surface area contributed by atoms with Crippen LogP contribution in [0, 0.1) is 31.0 Å². The Labute approximate surface area is 549 Å². The van der Waals surface area contributed by atoms with Crippen LogP contribution in [-0.4, -0.2) is 157 Å². The van der Waals surface area contributed by atoms with E-state index >= 15 is 4.39 Å². The van der Waals surface area contributed by atoms with Crippen LogP contribution in [0.4, 0.5) is 20.2 Å². The number of carbonyl (C=O) groups excluding carboxylic acids is 3. The predicted molar refractivity (Wildman–Crippen MR) is 374 cm³/mol. The van der Waals surface area contributed by atoms with Crippen LogP contribution in [0.15, 0.2) is 86.9 Å². The SMILES string of the molecule is C#Cc1c(F)ccc2cc(O)cc(C3=C(F)C(=N/COC)/C(=C(\N=C)N4CCCC(O)C4)C=N3)c12.C=C1NC(=O)CCC1N(C(=O)CC)c1ccc(N2CCC(N3CCC3(CCC)CCC(C)CC)CC2)cc1C.CC.CC.CC.O=COCC1CCC2CCCN21. The van der Waals surface area contributed by atoms with Crippen molar-refractivity contribution >= 4 is 64.8 Å². The molecular formula is C74H109F2N9O7. The van der Waals surface area contributed by atoms with Gasteiger partial charge in [-0.3, -0.25) is 34.2 Å². The maximum absolute atomic E-state index is 16.1. The first-order chi connectivity index (χ1) is 44.5. The van der Waals surface area contributed by atoms with E-state index in [1.807, 2.05) is 53.4 Å². The fourth-order valence-electron chi connectivity index (χ4n) is 14.1. The number of amides is 2. The maximum atomic E-state index is 16.1. The lowest BCUT2D eigenvalue weighted by atomic mass is 9.73. The number of fused-ring (bicyclic) bond motifs is 2. The van der Waals surface area contributed by atoms with Gasteiger partial charge in [0.05, 0.1) is 23.3 Å². The van der Waals surface area contributed by atoms with E-state index in [9.17, 15) is 29.0 Å². The van der Waals surface area contributed by atoms with Crippen LogP contribution in [-0.2, 0) is 23.9 Å². The van der Waals surface area contributed by atoms with E-state index in [1.54, 1.807) is 4.90 Å². The number of methoxy groups -OCH3 is 1. The predicted octanol–water partition coefficient (Wildman–Crippen LogP) is 14.2. The van der Waals surface area contributed by atoms with E-state index in [1.165, 1.54) is 133 Å². The molecule has 6 saturated heterocycles. The number of nitrogens with zero attached hydrogens (tertiary/aromatic N) is 8. The van der Waals surface area contributed by atoms with Gasteiger partial charge in [0.2, 0.25) is 11.8 Å². The number of hydrogen-bond donors (Lipinski definition) is 3. The van der Waals surface area contributed by atoms with Crippen molar-refractivity contribution in [3.05, 3.63) is 94.5 Å². The molecule has 2 amide bonds. The first-order valence-electron chi connectivity index (χ1n) is 34.3. The molecule has 6 unspecified atom stereocenters. The number of piperidine rings is 3. The molecule has 0 spiro atoms. The Morgan fingerprint density at radius 3 is 2.29 bits per heavy atom. The van der Waals surface area contributed by atoms with E-state index in [4.69, 9.17) is 15.9 Å². The number of terminal acetylenes is 1. The molecule has 0 radical (unpaired) electrons. The van der Waals surface area contributed by atoms with Crippen molar-refractivity contribution in [2.45, 2.75) is 221 Å². The summed E-state index contributed by atoms with van der Waals surface area (Å²) in [6.07, 6.45) is 24.8. The lowest BCUT2D eigenvalue weighted by molar-refractivity contribution is -0.130. The molecule has 3 N–H and O–H groups in total. The quantitative estimate of drug-likeness (QED) is 0.0592. The minimum atomic E-state index is -0.822. The fraction of sp³-hybridized carbons (Fsp3) is 0.595. The van der Waals surface area contributed by atoms with Crippen molar-refractivity contribution in [3.8, 4) is 18.1 Å². The zero-order chi connectivity index (χ0) is 67.7. The molecule has 92 heavy (non-hydrogen) atoms. The molecule has 16 nitrogen and oxygen atoms in total. The van der Waals surface area contributed by atoms with Gasteiger partial charge >= 0.3 is 0 Å². The Balaban J connectivity index is 0.000000265. The van der Waals surface area contributed by atoms with Crippen LogP contribution >= 0.6 is 0 Å². The first-order valence-corrected chi connectivity index (χ1v) is 34.3. The van der Waals surface area contributed by atoms with Crippen LogP contribution in [0.2, 0.25) is 0 Å². The van der Waals surface area contributed by atoms with Crippen molar-refractivity contribution in [3.63, 3.8) is 0 Å². The van der Waals surface area contributed by atoms with Crippen LogP contribution in [0.1, 0.15) is 195 Å². The smallest absolute Gasteiger partial charge is 0.293 e. The van der Waals surface area contributed by atoms with Gasteiger partial charge in [0.25, 0.3) is 6.47 Å². The third kappa shape index (κ3) is 18.5. The Morgan fingerprint density at radius 1 is 0.957 bits per heavy atom. The summed E-state index contributed by atoms with van der Waals surface area (Å²) in [6.45, 7) is 37.3. The number of benzene rings is 3. The standard InChI is InChI=1S/C33H52N4O2.C26H24F2N4O3.C9H15NO2.3C2H6/c1-7-17-33(18-14-24(4)8-2)19-22-36(33)27-15-20-35(21-16-27)28-10-11-29(25(5)23-28)37(32(39)9-3)30-12-13-31(38)34-26(30)6;1-4-18-21(27)8-7-15-10-17(34)11-19(22(15)18)24-23(28)25(31-14-35-3)20(12-30-24)26(29-2)32-9-5-6-16(33)13-32;11-7-12-6-9-4-3-8-2-1-5-10(8)9;3*1-2/h10-11,23-24,27,30H,6-9,12-22H2,1-5H3,(H,34,38);1,7-8,10-12,16,33-34H,2,5-6,9,13-14H2,3H3;7-9H,1-6H2;3*1-2H3/b;26-20+,31-25+;;;;. The topological polar surface area (TPSA) is 175 Å². The number of likely N-dealkylation sites (tertiary alicyclic amines) is 2. The highest BCUT2D eigenvalue weighted by Gasteiger charge is 2.47. The van der Waals surface area contributed by atoms with Gasteiger partial charge in [0, 0.05) is 111 Å². The maximum Gasteiger partial charge on any atom is 0.293 e. The van der Waals surface area contributed by atoms with Crippen molar-refractivity contribution in [2.24, 2.45) is 20.9 Å². The van der Waals surface area contributed by atoms with Crippen molar-refractivity contribution in [1.29, 1.82) is 0 Å². The number of ether oxygens (including phenoxy) is 2. The summed E-state index contributed by atoms with van der Waals surface area (Å²) < 4.78 is 40.5. The van der Waals surface area contributed by atoms with Gasteiger partial charge in [0.1, 0.15) is 42.1 Å². The number of phenolic OH excluding ortho intramolecular Hbond substituents is 1. The summed E-state index contributed by atoms with van der Waals surface area (Å²) in [5, 5.41) is 23.9. The van der Waals surface area contributed by atoms with E-state index in [2.05, 4.69) is 100 Å². The number of halogens is 2. The molecule has 3 aromatic rings. The molecule has 6 fully saturated rings. The number of aromatic hydroxyl groups is 1. The number of aliphatic hydroxyl groups excluding tert-OH is 1. The highest BCUT2D eigenvalue weighted by Crippen LogP contribution is 2.45. The molecule has 18 heteroatoms. The third-order valence-corrected chi connectivity index (χ3v) is 18.8. The van der Waals surface area contributed by atoms with Crippen molar-refractivity contribution in [2.75, 3.05) is 69.5 Å². The van der Waals surface area contributed by atoms with Crippen LogP contribution < -0.4 is 15.1 Å². The number of allylic oxidation sites excluding steroid dienone is 2. The zero-order valence-electron chi connectivity index (χ0n) is 57.6. The van der Waals surface area contributed by atoms with Crippen molar-refractivity contribution < 1.29 is 42.9 Å². The molecule has 10 rings (SSSR count). The second-order valence-corrected chi connectivity index (χ2v) is 24.2. The number of aliphatic imine (C=N–C) groups is 3. The van der Waals surface area contributed by atoms with Crippen molar-refractivity contribution in [1.82, 2.24) is 20.0 Å². The minimum absolute atomic E-state index is 0.0173. The van der Waals surface area contributed by atoms with Crippen LogP contribution in [0.3, 0.4) is 0 Å². The Hall–Kier alpha value is -6.78. The number of aryl methyl sites for hydroxylation is 1. The minimum Gasteiger partial charge on any atom is -0.508 e. The number of aliphatic hydroxyl groups is 1. The highest BCUT2D eigenvalue weighted by atomic mass is 19.1. The van der Waals surface area contributed by atoms with E-state index in [-0.39, 0.29) is 63.8 Å². The first kappa shape index (κ1) is 75.9. The zero-order valence-corrected chi connectivity index (χ0v) is 57.6. The van der Waals surface area contributed by atoms with E-state index < -0.39 is 17.7 Å². The number of hydrogen-bond acceptors (Lipinski definition) is 14. The lowest BCUT2D eigenvalue weighted by Gasteiger charge is -2.58. The normalized spacial score (nSPS) is 23.4. The number of phenols is 1. The number of nitrogens with one attached hydrogen (secondary N) is 1. The van der Waals surface area contributed by atoms with Crippen LogP contribution in [0.25, 0.3) is 16.5 Å². The summed E-state index contributed by atoms with van der Waals surface area (Å²) in [6, 6.07) is 13.7. The highest BCUT2D eigenvalue weighted by molar-refractivity contribution is 6.29. The van der Waals surface area contributed by atoms with Gasteiger partial charge in [0.15, 0.2) is 5.83 Å². The van der Waals surface area contributed by atoms with E-state index in [0.29, 0.717) is 86.4 Å². The second kappa shape index (κ2) is 37.8. The molecule has 0 aliphatic carbocycles. The second-order valence-electron chi connectivity index (χ2n) is 24.2. The molecule has 0 aromatic heterocycles. The summed E-state index contributed by atoms with van der Waals surface area (Å²) >= 11 is 0. The molecule has 0 bridgehead atoms. The van der Waals surface area contributed by atoms with E-state index in [0.717, 1.165) is 42.7 Å². The van der Waals surface area contributed by atoms with Gasteiger partial charge in [-0.15, -0.1) is 6.42 Å². The molecule has 7 aliphatic heterocycles. The third-order valence-electron chi connectivity index (χ3n) is 18.8. The van der Waals surface area contributed by atoms with Gasteiger partial charge in [-0.05, 0) is 157 Å². The number of β-amino-alcohol motifs (C(OH)–C–C–N with tert-alkyl or cyclic N) is 1. The Bertz CT molecular complexity index is 3110.